The van der Waals surface area contributed by atoms with Crippen molar-refractivity contribution in [1.29, 1.82) is 0 Å². The average Bonchev–Trinajstić information content (AvgIpc) is 2.87. The van der Waals surface area contributed by atoms with Gasteiger partial charge in [-0.25, -0.2) is 4.79 Å². The normalized spacial score (nSPS) is 32.2. The van der Waals surface area contributed by atoms with E-state index in [9.17, 15) is 24.9 Å². The maximum absolute atomic E-state index is 12.7. The molecule has 2 aliphatic heterocycles. The molecule has 2 aromatic rings. The van der Waals surface area contributed by atoms with Gasteiger partial charge in [-0.2, -0.15) is 0 Å². The lowest BCUT2D eigenvalue weighted by Crippen LogP contribution is -2.60. The van der Waals surface area contributed by atoms with Crippen molar-refractivity contribution in [2.45, 2.75) is 74.5 Å². The van der Waals surface area contributed by atoms with Gasteiger partial charge in [-0.05, 0) is 70.3 Å². The van der Waals surface area contributed by atoms with Crippen LogP contribution in [0.15, 0.2) is 53.5 Å². The summed E-state index contributed by atoms with van der Waals surface area (Å²) in [5.41, 5.74) is -1.79. The Morgan fingerprint density at radius 3 is 2.56 bits per heavy atom. The molecule has 1 aromatic heterocycles. The summed E-state index contributed by atoms with van der Waals surface area (Å²) in [7, 11) is 3.86. The second-order valence-electron chi connectivity index (χ2n) is 10.2. The van der Waals surface area contributed by atoms with Crippen LogP contribution in [0.2, 0.25) is 0 Å². The summed E-state index contributed by atoms with van der Waals surface area (Å²) in [4.78, 5) is 26.1. The number of carboxylic acids is 1. The summed E-state index contributed by atoms with van der Waals surface area (Å²) in [5.74, 6) is -1.25. The number of aromatic carboxylic acids is 1. The number of aromatic nitrogens is 1. The number of nitrogens with zero attached hydrogens (tertiary/aromatic N) is 2. The number of hydrogen-bond acceptors (Lipinski definition) is 6. The fraction of sp³-hybridized carbons (Fsp3) is 0.538. The number of pyridine rings is 1. The molecule has 0 radical (unpaired) electrons. The SMILES string of the molecule is CN(C)[C@@H]1CC[C@@]2([C@@H](O)Cn3cccc(C(=O)O)c3=O)C[C@H](c3ccccc3)C[C@@](C)(O2)[C@H]1O. The van der Waals surface area contributed by atoms with Crippen LogP contribution in [0.3, 0.4) is 0 Å². The molecule has 0 aliphatic carbocycles. The minimum atomic E-state index is -1.30. The van der Waals surface area contributed by atoms with Crippen molar-refractivity contribution in [3.8, 4) is 0 Å². The van der Waals surface area contributed by atoms with Crippen LogP contribution in [0.4, 0.5) is 0 Å². The third-order valence-electron chi connectivity index (χ3n) is 7.70. The van der Waals surface area contributed by atoms with E-state index < -0.39 is 34.9 Å². The third kappa shape index (κ3) is 4.43. The van der Waals surface area contributed by atoms with Crippen LogP contribution in [-0.2, 0) is 11.3 Å². The Kier molecular flexibility index (Phi) is 6.70. The van der Waals surface area contributed by atoms with Crippen LogP contribution < -0.4 is 5.56 Å². The van der Waals surface area contributed by atoms with E-state index in [1.807, 2.05) is 44.1 Å². The molecule has 0 spiro atoms. The highest BCUT2D eigenvalue weighted by atomic mass is 16.6. The largest absolute Gasteiger partial charge is 0.477 e. The van der Waals surface area contributed by atoms with E-state index in [-0.39, 0.29) is 24.1 Å². The van der Waals surface area contributed by atoms with Crippen molar-refractivity contribution < 1.29 is 24.9 Å². The first-order valence-corrected chi connectivity index (χ1v) is 11.8. The van der Waals surface area contributed by atoms with E-state index in [0.717, 1.165) is 5.56 Å². The summed E-state index contributed by atoms with van der Waals surface area (Å²) < 4.78 is 7.90. The van der Waals surface area contributed by atoms with Crippen LogP contribution in [0.1, 0.15) is 54.4 Å². The zero-order valence-electron chi connectivity index (χ0n) is 19.9. The molecule has 1 aromatic carbocycles. The Labute approximate surface area is 199 Å². The second-order valence-corrected chi connectivity index (χ2v) is 10.2. The van der Waals surface area contributed by atoms with Gasteiger partial charge < -0.3 is 29.5 Å². The molecule has 2 aliphatic rings. The van der Waals surface area contributed by atoms with Gasteiger partial charge in [0.15, 0.2) is 0 Å². The van der Waals surface area contributed by atoms with Crippen molar-refractivity contribution >= 4 is 5.97 Å². The Morgan fingerprint density at radius 2 is 1.91 bits per heavy atom. The lowest BCUT2D eigenvalue weighted by atomic mass is 9.72. The summed E-state index contributed by atoms with van der Waals surface area (Å²) in [6.07, 6.45) is 1.90. The zero-order valence-corrected chi connectivity index (χ0v) is 19.9. The van der Waals surface area contributed by atoms with Crippen molar-refractivity contribution in [3.63, 3.8) is 0 Å². The number of aliphatic hydroxyl groups is 2. The van der Waals surface area contributed by atoms with Gasteiger partial charge in [-0.1, -0.05) is 30.3 Å². The van der Waals surface area contributed by atoms with E-state index in [1.54, 1.807) is 0 Å². The topological polar surface area (TPSA) is 112 Å². The summed E-state index contributed by atoms with van der Waals surface area (Å²) in [6.45, 7) is 1.81. The minimum Gasteiger partial charge on any atom is -0.477 e. The highest BCUT2D eigenvalue weighted by Gasteiger charge is 2.57. The van der Waals surface area contributed by atoms with Crippen LogP contribution in [0.25, 0.3) is 0 Å². The first-order valence-electron chi connectivity index (χ1n) is 11.8. The van der Waals surface area contributed by atoms with E-state index in [0.29, 0.717) is 25.7 Å². The molecule has 3 heterocycles. The highest BCUT2D eigenvalue weighted by Crippen LogP contribution is 2.51. The van der Waals surface area contributed by atoms with Gasteiger partial charge in [0, 0.05) is 12.2 Å². The molecule has 4 rings (SSSR count). The molecule has 3 N–H and O–H groups in total. The molecular weight excluding hydrogens is 436 g/mol. The lowest BCUT2D eigenvalue weighted by molar-refractivity contribution is -0.253. The second kappa shape index (κ2) is 9.26. The minimum absolute atomic E-state index is 0.0484. The first-order chi connectivity index (χ1) is 16.1. The van der Waals surface area contributed by atoms with Crippen LogP contribution >= 0.6 is 0 Å². The predicted molar refractivity (Wildman–Crippen MR) is 127 cm³/mol. The Hall–Kier alpha value is -2.52. The van der Waals surface area contributed by atoms with Crippen molar-refractivity contribution in [2.24, 2.45) is 0 Å². The van der Waals surface area contributed by atoms with Gasteiger partial charge in [0.25, 0.3) is 5.56 Å². The fourth-order valence-electron chi connectivity index (χ4n) is 5.89. The molecule has 8 heteroatoms. The summed E-state index contributed by atoms with van der Waals surface area (Å²) in [5, 5.41) is 32.3. The van der Waals surface area contributed by atoms with Gasteiger partial charge in [0.05, 0.1) is 23.9 Å². The fourth-order valence-corrected chi connectivity index (χ4v) is 5.89. The highest BCUT2D eigenvalue weighted by molar-refractivity contribution is 5.86. The summed E-state index contributed by atoms with van der Waals surface area (Å²) in [6, 6.07) is 12.6. The number of benzene rings is 1. The molecule has 6 atom stereocenters. The molecule has 34 heavy (non-hydrogen) atoms. The first kappa shape index (κ1) is 24.6. The Bertz CT molecular complexity index is 1090. The molecule has 0 saturated carbocycles. The molecule has 2 bridgehead atoms. The molecule has 0 amide bonds. The third-order valence-corrected chi connectivity index (χ3v) is 7.70. The van der Waals surface area contributed by atoms with E-state index in [4.69, 9.17) is 4.74 Å². The number of likely N-dealkylation sites (N-methyl/N-ethyl adjacent to an activating group) is 1. The van der Waals surface area contributed by atoms with Crippen molar-refractivity contribution in [1.82, 2.24) is 9.47 Å². The Morgan fingerprint density at radius 1 is 1.21 bits per heavy atom. The van der Waals surface area contributed by atoms with Gasteiger partial charge in [-0.15, -0.1) is 0 Å². The zero-order chi connectivity index (χ0) is 24.7. The van der Waals surface area contributed by atoms with Crippen molar-refractivity contribution in [3.05, 3.63) is 70.1 Å². The molecule has 0 unspecified atom stereocenters. The number of carbonyl (C=O) groups is 1. The van der Waals surface area contributed by atoms with Gasteiger partial charge >= 0.3 is 5.97 Å². The number of fused-ring (bicyclic) bond motifs is 2. The van der Waals surface area contributed by atoms with Crippen molar-refractivity contribution in [2.75, 3.05) is 14.1 Å². The number of carboxylic acid groups (broad SMARTS) is 1. The van der Waals surface area contributed by atoms with E-state index in [2.05, 4.69) is 12.1 Å². The van der Waals surface area contributed by atoms with Crippen LogP contribution in [0.5, 0.6) is 0 Å². The van der Waals surface area contributed by atoms with Gasteiger partial charge in [0.2, 0.25) is 0 Å². The number of aliphatic hydroxyl groups excluding tert-OH is 2. The van der Waals surface area contributed by atoms with Gasteiger partial charge in [0.1, 0.15) is 11.7 Å². The molecule has 2 fully saturated rings. The predicted octanol–water partition coefficient (Wildman–Crippen LogP) is 2.08. The molecular formula is C26H34N2O6. The van der Waals surface area contributed by atoms with Crippen LogP contribution in [0, 0.1) is 0 Å². The molecule has 2 saturated heterocycles. The van der Waals surface area contributed by atoms with Crippen LogP contribution in [-0.4, -0.2) is 74.3 Å². The standard InChI is InChI=1S/C26H34N2O6/c1-25-14-18(17-8-5-4-6-9-17)15-26(34-25,12-11-20(22(25)30)27(2)3)21(29)16-28-13-7-10-19(23(28)31)24(32)33/h4-10,13,18,20-22,29-30H,11-12,14-16H2,1-3H3,(H,32,33)/t18-,20-,21+,22+,25-,26+/m1/s1. The molecule has 8 nitrogen and oxygen atoms in total. The molecule has 184 valence electrons. The number of rotatable bonds is 6. The quantitative estimate of drug-likeness (QED) is 0.593. The number of ether oxygens (including phenoxy) is 1. The lowest BCUT2D eigenvalue weighted by Gasteiger charge is -2.52. The monoisotopic (exact) mass is 470 g/mol. The summed E-state index contributed by atoms with van der Waals surface area (Å²) >= 11 is 0. The average molecular weight is 471 g/mol. The van der Waals surface area contributed by atoms with E-state index >= 15 is 0 Å². The smallest absolute Gasteiger partial charge is 0.341 e. The number of hydrogen-bond donors (Lipinski definition) is 3. The Balaban J connectivity index is 1.74. The van der Waals surface area contributed by atoms with Gasteiger partial charge in [-0.3, -0.25) is 4.79 Å². The van der Waals surface area contributed by atoms with E-state index in [1.165, 1.54) is 22.9 Å². The maximum atomic E-state index is 12.7. The maximum Gasteiger partial charge on any atom is 0.341 e.